The van der Waals surface area contributed by atoms with E-state index in [0.29, 0.717) is 0 Å². The first-order chi connectivity index (χ1) is 15.6. The van der Waals surface area contributed by atoms with E-state index in [9.17, 15) is 4.79 Å². The van der Waals surface area contributed by atoms with Crippen LogP contribution in [0.25, 0.3) is 21.5 Å². The number of fused-ring (bicyclic) bond motifs is 1. The Hall–Kier alpha value is -2.97. The number of anilines is 2. The summed E-state index contributed by atoms with van der Waals surface area (Å²) in [5.74, 6) is 0.938. The van der Waals surface area contributed by atoms with Crippen molar-refractivity contribution in [3.8, 4) is 17.0 Å². The first-order valence-corrected chi connectivity index (χ1v) is 12.3. The molecule has 0 bridgehead atoms. The van der Waals surface area contributed by atoms with Crippen molar-refractivity contribution >= 4 is 49.6 Å². The molecule has 8 heteroatoms. The number of nitrogens with zero attached hydrogens (tertiary/aromatic N) is 3. The largest absolute Gasteiger partial charge is 0.497 e. The highest BCUT2D eigenvalue weighted by molar-refractivity contribution is 7.22. The summed E-state index contributed by atoms with van der Waals surface area (Å²) in [6.45, 7) is 3.65. The Morgan fingerprint density at radius 1 is 1.16 bits per heavy atom. The zero-order valence-corrected chi connectivity index (χ0v) is 19.6. The minimum absolute atomic E-state index is 0.00546. The topological polar surface area (TPSA) is 67.3 Å². The maximum absolute atomic E-state index is 12.9. The predicted molar refractivity (Wildman–Crippen MR) is 132 cm³/mol. The average molecular weight is 465 g/mol. The molecule has 5 rings (SSSR count). The van der Waals surface area contributed by atoms with E-state index in [-0.39, 0.29) is 11.8 Å². The number of hydrogen-bond acceptors (Lipinski definition) is 7. The van der Waals surface area contributed by atoms with Crippen molar-refractivity contribution in [3.05, 3.63) is 52.9 Å². The van der Waals surface area contributed by atoms with Gasteiger partial charge in [0.1, 0.15) is 5.75 Å². The van der Waals surface area contributed by atoms with Gasteiger partial charge in [-0.05, 0) is 50.1 Å². The highest BCUT2D eigenvalue weighted by Gasteiger charge is 2.26. The van der Waals surface area contributed by atoms with Crippen LogP contribution < -0.4 is 15.0 Å². The normalized spacial score (nSPS) is 14.6. The smallest absolute Gasteiger partial charge is 0.227 e. The number of carbonyl (C=O) groups excluding carboxylic acids is 1. The third-order valence-corrected chi connectivity index (χ3v) is 7.62. The van der Waals surface area contributed by atoms with Gasteiger partial charge < -0.3 is 15.0 Å². The maximum atomic E-state index is 12.9. The molecular formula is C24H24N4O2S2. The van der Waals surface area contributed by atoms with E-state index < -0.39 is 0 Å². The standard InChI is InChI=1S/C24H24N4O2S2/c1-15-25-21(14-31-15)17-4-3-5-18(12-17)26-23(29)16-8-10-28(11-9-16)24-27-20-7-6-19(30-2)13-22(20)32-24/h3-7,12-14,16H,8-11H2,1-2H3,(H,26,29). The number of thiazole rings is 2. The summed E-state index contributed by atoms with van der Waals surface area (Å²) in [4.78, 5) is 24.5. The first kappa shape index (κ1) is 20.9. The van der Waals surface area contributed by atoms with E-state index in [2.05, 4.69) is 15.2 Å². The number of ether oxygens (including phenoxy) is 1. The number of hydrogen-bond donors (Lipinski definition) is 1. The number of nitrogens with one attached hydrogen (secondary N) is 1. The summed E-state index contributed by atoms with van der Waals surface area (Å²) >= 11 is 3.31. The second-order valence-corrected chi connectivity index (χ2v) is 9.98. The Morgan fingerprint density at radius 2 is 2.00 bits per heavy atom. The molecule has 0 aliphatic carbocycles. The Balaban J connectivity index is 1.21. The molecule has 0 unspecified atom stereocenters. The van der Waals surface area contributed by atoms with Crippen molar-refractivity contribution in [1.82, 2.24) is 9.97 Å². The molecule has 164 valence electrons. The molecule has 1 aliphatic rings. The molecule has 2 aromatic carbocycles. The van der Waals surface area contributed by atoms with Crippen LogP contribution in [0.15, 0.2) is 47.8 Å². The van der Waals surface area contributed by atoms with Crippen molar-refractivity contribution in [3.63, 3.8) is 0 Å². The van der Waals surface area contributed by atoms with Crippen LogP contribution in [0, 0.1) is 12.8 Å². The Bertz CT molecular complexity index is 1260. The Labute approximate surface area is 194 Å². The summed E-state index contributed by atoms with van der Waals surface area (Å²) in [6, 6.07) is 13.9. The van der Waals surface area contributed by atoms with Crippen LogP contribution in [-0.4, -0.2) is 36.1 Å². The summed E-state index contributed by atoms with van der Waals surface area (Å²) in [5, 5.41) is 7.20. The molecule has 6 nitrogen and oxygen atoms in total. The quantitative estimate of drug-likeness (QED) is 0.417. The third-order valence-electron chi connectivity index (χ3n) is 5.77. The predicted octanol–water partition coefficient (Wildman–Crippen LogP) is 5.59. The van der Waals surface area contributed by atoms with Crippen molar-refractivity contribution in [2.75, 3.05) is 30.4 Å². The number of aromatic nitrogens is 2. The van der Waals surface area contributed by atoms with Gasteiger partial charge in [0.25, 0.3) is 0 Å². The molecule has 1 amide bonds. The highest BCUT2D eigenvalue weighted by Crippen LogP contribution is 2.33. The van der Waals surface area contributed by atoms with E-state index in [1.165, 1.54) is 0 Å². The second kappa shape index (κ2) is 8.88. The molecule has 4 aromatic rings. The second-order valence-electron chi connectivity index (χ2n) is 7.91. The number of piperidine rings is 1. The summed E-state index contributed by atoms with van der Waals surface area (Å²) in [7, 11) is 1.68. The van der Waals surface area contributed by atoms with E-state index in [1.807, 2.05) is 54.8 Å². The van der Waals surface area contributed by atoms with E-state index >= 15 is 0 Å². The van der Waals surface area contributed by atoms with Gasteiger partial charge in [-0.15, -0.1) is 11.3 Å². The van der Waals surface area contributed by atoms with Gasteiger partial charge in [0.2, 0.25) is 5.91 Å². The van der Waals surface area contributed by atoms with Crippen molar-refractivity contribution < 1.29 is 9.53 Å². The fourth-order valence-electron chi connectivity index (χ4n) is 3.98. The minimum Gasteiger partial charge on any atom is -0.497 e. The first-order valence-electron chi connectivity index (χ1n) is 10.6. The molecule has 2 aromatic heterocycles. The summed E-state index contributed by atoms with van der Waals surface area (Å²) in [6.07, 6.45) is 1.63. The van der Waals surface area contributed by atoms with Gasteiger partial charge in [-0.3, -0.25) is 4.79 Å². The number of methoxy groups -OCH3 is 1. The lowest BCUT2D eigenvalue weighted by atomic mass is 9.96. The lowest BCUT2D eigenvalue weighted by Gasteiger charge is -2.31. The molecule has 3 heterocycles. The summed E-state index contributed by atoms with van der Waals surface area (Å²) in [5.41, 5.74) is 3.78. The Kier molecular flexibility index (Phi) is 5.80. The van der Waals surface area contributed by atoms with E-state index in [1.54, 1.807) is 29.8 Å². The lowest BCUT2D eigenvalue weighted by molar-refractivity contribution is -0.120. The summed E-state index contributed by atoms with van der Waals surface area (Å²) < 4.78 is 6.44. The van der Waals surface area contributed by atoms with Crippen molar-refractivity contribution in [2.45, 2.75) is 19.8 Å². The van der Waals surface area contributed by atoms with Crippen LogP contribution in [0.2, 0.25) is 0 Å². The number of benzene rings is 2. The van der Waals surface area contributed by atoms with Gasteiger partial charge in [-0.2, -0.15) is 0 Å². The molecule has 0 saturated carbocycles. The number of amides is 1. The molecule has 0 spiro atoms. The molecule has 1 fully saturated rings. The highest BCUT2D eigenvalue weighted by atomic mass is 32.1. The molecule has 1 saturated heterocycles. The van der Waals surface area contributed by atoms with Gasteiger partial charge in [0, 0.05) is 35.6 Å². The zero-order valence-electron chi connectivity index (χ0n) is 18.0. The monoisotopic (exact) mass is 464 g/mol. The molecule has 32 heavy (non-hydrogen) atoms. The molecule has 0 radical (unpaired) electrons. The number of carbonyl (C=O) groups is 1. The third kappa shape index (κ3) is 4.33. The van der Waals surface area contributed by atoms with Gasteiger partial charge in [0.05, 0.1) is 28.0 Å². The minimum atomic E-state index is 0.00546. The molecule has 1 aliphatic heterocycles. The van der Waals surface area contributed by atoms with Crippen LogP contribution in [0.4, 0.5) is 10.8 Å². The zero-order chi connectivity index (χ0) is 22.1. The number of aryl methyl sites for hydroxylation is 1. The Morgan fingerprint density at radius 3 is 2.75 bits per heavy atom. The maximum Gasteiger partial charge on any atom is 0.227 e. The van der Waals surface area contributed by atoms with E-state index in [4.69, 9.17) is 9.72 Å². The fraction of sp³-hybridized carbons (Fsp3) is 0.292. The molecule has 1 N–H and O–H groups in total. The van der Waals surface area contributed by atoms with Gasteiger partial charge in [-0.25, -0.2) is 9.97 Å². The van der Waals surface area contributed by atoms with Crippen LogP contribution in [0.1, 0.15) is 17.8 Å². The van der Waals surface area contributed by atoms with Crippen molar-refractivity contribution in [1.29, 1.82) is 0 Å². The fourth-order valence-corrected chi connectivity index (χ4v) is 5.65. The average Bonchev–Trinajstić information content (AvgIpc) is 3.45. The van der Waals surface area contributed by atoms with Crippen molar-refractivity contribution in [2.24, 2.45) is 5.92 Å². The lowest BCUT2D eigenvalue weighted by Crippen LogP contribution is -2.38. The van der Waals surface area contributed by atoms with Gasteiger partial charge >= 0.3 is 0 Å². The SMILES string of the molecule is COc1ccc2nc(N3CCC(C(=O)Nc4cccc(-c5csc(C)n5)c4)CC3)sc2c1. The van der Waals surface area contributed by atoms with Crippen LogP contribution in [0.3, 0.4) is 0 Å². The van der Waals surface area contributed by atoms with Gasteiger partial charge in [-0.1, -0.05) is 23.5 Å². The number of rotatable bonds is 5. The van der Waals surface area contributed by atoms with Crippen LogP contribution in [0.5, 0.6) is 5.75 Å². The van der Waals surface area contributed by atoms with Crippen LogP contribution >= 0.6 is 22.7 Å². The van der Waals surface area contributed by atoms with Crippen LogP contribution in [-0.2, 0) is 4.79 Å². The van der Waals surface area contributed by atoms with Gasteiger partial charge in [0.15, 0.2) is 5.13 Å². The molecular weight excluding hydrogens is 440 g/mol. The van der Waals surface area contributed by atoms with E-state index in [0.717, 1.165) is 69.0 Å². The molecule has 0 atom stereocenters.